The molecule has 1 rings (SSSR count). The zero-order valence-electron chi connectivity index (χ0n) is 57.6. The molecule has 1 heterocycles. The van der Waals surface area contributed by atoms with Gasteiger partial charge in [0.2, 0.25) is 6.41 Å². The average Bonchev–Trinajstić information content (AvgIpc) is 3.53. The molecule has 0 aromatic carbocycles. The van der Waals surface area contributed by atoms with Gasteiger partial charge >= 0.3 is 17.9 Å². The number of carbonyl (C=O) groups is 4. The number of ether oxygens (including phenoxy) is 6. The fourth-order valence-corrected chi connectivity index (χ4v) is 13.5. The lowest BCUT2D eigenvalue weighted by Gasteiger charge is -2.44. The second kappa shape index (κ2) is 37.8. The number of carbonyl (C=O) groups excluding carboxylic acids is 4. The molecule has 0 radical (unpaired) electrons. The minimum atomic E-state index is -2.49. The second-order valence-electron chi connectivity index (χ2n) is 27.8. The van der Waals surface area contributed by atoms with Gasteiger partial charge in [-0.05, 0) is 139 Å². The third-order valence-corrected chi connectivity index (χ3v) is 27.8. The number of hydrogen-bond donors (Lipinski definition) is 0. The van der Waals surface area contributed by atoms with Crippen LogP contribution < -0.4 is 0 Å². The minimum Gasteiger partial charge on any atom is -0.462 e. The first-order valence-corrected chi connectivity index (χ1v) is 38.4. The van der Waals surface area contributed by atoms with E-state index in [1.807, 2.05) is 47.2 Å². The zero-order valence-corrected chi connectivity index (χ0v) is 60.4. The Kier molecular flexibility index (Phi) is 35.7. The molecule has 0 aliphatic carbocycles. The van der Waals surface area contributed by atoms with Gasteiger partial charge in [-0.1, -0.05) is 133 Å². The van der Waals surface area contributed by atoms with Gasteiger partial charge in [0.1, 0.15) is 24.4 Å². The van der Waals surface area contributed by atoms with Crippen molar-refractivity contribution in [2.75, 3.05) is 47.6 Å². The number of cyclic esters (lactones) is 1. The Labute approximate surface area is 519 Å². The molecule has 16 atom stereocenters. The molecule has 1 aliphatic heterocycles. The largest absolute Gasteiger partial charge is 0.462 e. The maximum Gasteiger partial charge on any atom is 0.331 e. The molecule has 0 unspecified atom stereocenters. The Balaban J connectivity index is 4.09. The lowest BCUT2D eigenvalue weighted by molar-refractivity contribution is -0.165. The highest BCUT2D eigenvalue weighted by atomic mass is 32.2. The van der Waals surface area contributed by atoms with Gasteiger partial charge in [0.25, 0.3) is 0 Å². The molecule has 486 valence electrons. The van der Waals surface area contributed by atoms with E-state index in [9.17, 15) is 19.2 Å². The summed E-state index contributed by atoms with van der Waals surface area (Å²) in [5.41, 5.74) is 1.23. The van der Waals surface area contributed by atoms with Gasteiger partial charge in [-0.3, -0.25) is 19.3 Å². The molecule has 0 aromatic heterocycles. The van der Waals surface area contributed by atoms with Crippen molar-refractivity contribution in [1.29, 1.82) is 0 Å². The van der Waals surface area contributed by atoms with Crippen molar-refractivity contribution in [3.8, 4) is 0 Å². The summed E-state index contributed by atoms with van der Waals surface area (Å²) in [5.74, 6) is -1.34. The molecule has 0 spiro atoms. The number of likely N-dealkylation sites (N-methyl/N-ethyl adjacent to an activating group) is 1. The van der Waals surface area contributed by atoms with Crippen LogP contribution in [-0.4, -0.2) is 153 Å². The molecule has 1 amide bonds. The average molecular weight is 1240 g/mol. The van der Waals surface area contributed by atoms with Crippen molar-refractivity contribution in [2.45, 2.75) is 253 Å². The summed E-state index contributed by atoms with van der Waals surface area (Å²) >= 11 is 1.66. The smallest absolute Gasteiger partial charge is 0.331 e. The minimum absolute atomic E-state index is 0.0157. The van der Waals surface area contributed by atoms with E-state index in [4.69, 9.17) is 37.3 Å². The highest BCUT2D eigenvalue weighted by Crippen LogP contribution is 2.43. The molecular weight excluding hydrogens is 1110 g/mol. The Morgan fingerprint density at radius 2 is 1.48 bits per heavy atom. The van der Waals surface area contributed by atoms with E-state index in [0.717, 1.165) is 25.7 Å². The first-order chi connectivity index (χ1) is 38.9. The maximum atomic E-state index is 14.2. The standard InChI is InChI=1S/C67H122N2O12SSi2/c1-46-35-36-47(2)57(75-21)39-37-48(3)63(80-83(23,24)66(11,12)13)51(6)58(76-45-82-22)32-28-27-29-34-61(72)78-59(33-30-31-56(43-46)74-20)53(8)64(81-84(25,26)67(14,15)16)49(4)38-40-60(79-65(73)54(9)68(17)18)52(7)62(77-55(10)71)50(5)41-42-69(19)44-70/h27-31,34,36,41-42,44,46,48-54,56-60,62-64H,32-33,35,37-40,43,45H2,1-26H3/b28-27+,31-30+,34-29+,42-41+,47-36+/t46-,48-,49+,50-,51-,52+,53-,54+,56+,57+,58-,59+,60-,62-,63-,64+/m1/s1. The number of nitrogens with zero attached hydrogens (tertiary/aromatic N) is 2. The first-order valence-electron chi connectivity index (χ1n) is 31.2. The van der Waals surface area contributed by atoms with Gasteiger partial charge in [0.05, 0.1) is 36.5 Å². The fourth-order valence-electron chi connectivity index (χ4n) is 10.2. The van der Waals surface area contributed by atoms with Gasteiger partial charge in [0, 0.05) is 70.6 Å². The van der Waals surface area contributed by atoms with Crippen LogP contribution in [0.5, 0.6) is 0 Å². The van der Waals surface area contributed by atoms with Gasteiger partial charge in [-0.15, -0.1) is 11.8 Å². The summed E-state index contributed by atoms with van der Waals surface area (Å²) in [6.45, 7) is 43.1. The lowest BCUT2D eigenvalue weighted by Crippen LogP contribution is -2.50. The molecule has 0 saturated carbocycles. The summed E-state index contributed by atoms with van der Waals surface area (Å²) in [7, 11) is 4.17. The molecule has 0 N–H and O–H groups in total. The van der Waals surface area contributed by atoms with Crippen LogP contribution in [0.3, 0.4) is 0 Å². The topological polar surface area (TPSA) is 149 Å². The number of amides is 1. The van der Waals surface area contributed by atoms with E-state index < -0.39 is 58.8 Å². The summed E-state index contributed by atoms with van der Waals surface area (Å²) in [4.78, 5) is 55.5. The normalized spacial score (nSPS) is 27.5. The van der Waals surface area contributed by atoms with Crippen LogP contribution in [0.1, 0.15) is 162 Å². The van der Waals surface area contributed by atoms with E-state index in [0.29, 0.717) is 44.0 Å². The number of methoxy groups -OCH3 is 2. The first kappa shape index (κ1) is 79.1. The van der Waals surface area contributed by atoms with E-state index in [-0.39, 0.29) is 76.2 Å². The van der Waals surface area contributed by atoms with Crippen LogP contribution >= 0.6 is 11.8 Å². The Hall–Kier alpha value is -2.88. The van der Waals surface area contributed by atoms with Crippen molar-refractivity contribution in [3.05, 3.63) is 60.4 Å². The van der Waals surface area contributed by atoms with Crippen LogP contribution in [0.4, 0.5) is 0 Å². The van der Waals surface area contributed by atoms with E-state index in [1.54, 1.807) is 50.0 Å². The predicted octanol–water partition coefficient (Wildman–Crippen LogP) is 15.0. The van der Waals surface area contributed by atoms with E-state index in [2.05, 4.69) is 140 Å². The monoisotopic (exact) mass is 1230 g/mol. The van der Waals surface area contributed by atoms with Crippen molar-refractivity contribution in [2.24, 2.45) is 41.4 Å². The number of esters is 3. The van der Waals surface area contributed by atoms with Crippen LogP contribution in [-0.2, 0) is 56.5 Å². The van der Waals surface area contributed by atoms with Crippen molar-refractivity contribution in [3.63, 3.8) is 0 Å². The second-order valence-corrected chi connectivity index (χ2v) is 38.2. The Morgan fingerprint density at radius 1 is 0.845 bits per heavy atom. The number of allylic oxidation sites excluding steroid dienone is 3. The van der Waals surface area contributed by atoms with Gasteiger partial charge < -0.3 is 42.2 Å². The molecule has 17 heteroatoms. The fraction of sp³-hybridized carbons (Fsp3) is 0.791. The number of thioether (sulfide) groups is 1. The molecule has 14 nitrogen and oxygen atoms in total. The van der Waals surface area contributed by atoms with E-state index >= 15 is 0 Å². The van der Waals surface area contributed by atoms with Crippen LogP contribution in [0, 0.1) is 41.4 Å². The summed E-state index contributed by atoms with van der Waals surface area (Å²) in [5, 5.41) is -0.124. The van der Waals surface area contributed by atoms with Crippen LogP contribution in [0.15, 0.2) is 60.4 Å². The Morgan fingerprint density at radius 3 is 2.02 bits per heavy atom. The Bertz CT molecular complexity index is 2100. The molecule has 0 fully saturated rings. The third-order valence-electron chi connectivity index (χ3n) is 18.5. The molecule has 1 aliphatic rings. The van der Waals surface area contributed by atoms with Crippen molar-refractivity contribution in [1.82, 2.24) is 9.80 Å². The maximum absolute atomic E-state index is 14.2. The zero-order chi connectivity index (χ0) is 64.5. The summed E-state index contributed by atoms with van der Waals surface area (Å²) in [6.07, 6.45) is 22.8. The van der Waals surface area contributed by atoms with Crippen molar-refractivity contribution >= 4 is 52.7 Å². The third kappa shape index (κ3) is 27.2. The lowest BCUT2D eigenvalue weighted by atomic mass is 9.82. The highest BCUT2D eigenvalue weighted by molar-refractivity contribution is 7.98. The predicted molar refractivity (Wildman–Crippen MR) is 353 cm³/mol. The molecule has 0 saturated heterocycles. The van der Waals surface area contributed by atoms with Crippen LogP contribution in [0.25, 0.3) is 0 Å². The highest BCUT2D eigenvalue weighted by Gasteiger charge is 2.45. The van der Waals surface area contributed by atoms with Gasteiger partial charge in [-0.25, -0.2) is 4.79 Å². The van der Waals surface area contributed by atoms with Gasteiger partial charge in [0.15, 0.2) is 16.6 Å². The van der Waals surface area contributed by atoms with Crippen molar-refractivity contribution < 1.29 is 56.5 Å². The van der Waals surface area contributed by atoms with Gasteiger partial charge in [-0.2, -0.15) is 0 Å². The molecular formula is C67H122N2O12SSi2. The molecule has 84 heavy (non-hydrogen) atoms. The number of rotatable bonds is 25. The van der Waals surface area contributed by atoms with Crippen LogP contribution in [0.2, 0.25) is 36.3 Å². The quantitative estimate of drug-likeness (QED) is 0.0213. The molecule has 0 bridgehead atoms. The molecule has 0 aromatic rings. The summed E-state index contributed by atoms with van der Waals surface area (Å²) < 4.78 is 52.8. The number of hydrogen-bond acceptors (Lipinski definition) is 14. The van der Waals surface area contributed by atoms with E-state index in [1.165, 1.54) is 23.5 Å². The SMILES string of the molecule is CO[C@H]1CC[C@@H](C)[C@@H](O[Si](C)(C)C(C)(C)C)[C@H](C)[C@H](OCSC)C/C=C/C=C/C(=O)O[C@H]([C@@H](C)[C@@H](O[Si](C)(C)C(C)(C)C)[C@@H](C)CC[C@@H](OC(=O)[C@H](C)N(C)C)[C@H](C)[C@H](OC(C)=O)[C@H](C)/C=C/N(C)C=O)C/C=C/[C@H](OC)C[C@H](C)C/C=C/1C. The summed E-state index contributed by atoms with van der Waals surface area (Å²) in [6, 6.07) is -0.533.